The van der Waals surface area contributed by atoms with Crippen molar-refractivity contribution in [3.63, 3.8) is 0 Å². The molecule has 0 aliphatic rings. The second-order valence-electron chi connectivity index (χ2n) is 4.44. The SMILES string of the molecule is CC(C)Oc1ccc(-c2nnc(NCCN)s2)cc1Cl. The van der Waals surface area contributed by atoms with Crippen LogP contribution in [0.4, 0.5) is 5.13 Å². The molecule has 0 radical (unpaired) electrons. The first kappa shape index (κ1) is 15.0. The Labute approximate surface area is 127 Å². The highest BCUT2D eigenvalue weighted by molar-refractivity contribution is 7.18. The molecule has 0 aliphatic carbocycles. The molecule has 108 valence electrons. The molecule has 2 rings (SSSR count). The number of nitrogens with one attached hydrogen (secondary N) is 1. The monoisotopic (exact) mass is 312 g/mol. The molecule has 1 heterocycles. The van der Waals surface area contributed by atoms with E-state index < -0.39 is 0 Å². The predicted octanol–water partition coefficient (Wildman–Crippen LogP) is 3.02. The Morgan fingerprint density at radius 2 is 2.20 bits per heavy atom. The van der Waals surface area contributed by atoms with E-state index in [1.807, 2.05) is 32.0 Å². The van der Waals surface area contributed by atoms with E-state index in [2.05, 4.69) is 15.5 Å². The third-order valence-corrected chi connectivity index (χ3v) is 3.61. The van der Waals surface area contributed by atoms with E-state index in [-0.39, 0.29) is 6.10 Å². The first-order valence-corrected chi connectivity index (χ1v) is 7.53. The minimum Gasteiger partial charge on any atom is -0.489 e. The van der Waals surface area contributed by atoms with Gasteiger partial charge in [-0.25, -0.2) is 0 Å². The molecule has 3 N–H and O–H groups in total. The molecule has 1 aromatic carbocycles. The summed E-state index contributed by atoms with van der Waals surface area (Å²) in [4.78, 5) is 0. The highest BCUT2D eigenvalue weighted by Crippen LogP contribution is 2.33. The molecule has 0 unspecified atom stereocenters. The van der Waals surface area contributed by atoms with Crippen molar-refractivity contribution in [1.82, 2.24) is 10.2 Å². The van der Waals surface area contributed by atoms with Gasteiger partial charge in [0.15, 0.2) is 0 Å². The van der Waals surface area contributed by atoms with Crippen molar-refractivity contribution in [3.8, 4) is 16.3 Å². The van der Waals surface area contributed by atoms with Crippen LogP contribution in [0, 0.1) is 0 Å². The van der Waals surface area contributed by atoms with E-state index in [0.29, 0.717) is 23.9 Å². The Balaban J connectivity index is 2.16. The maximum atomic E-state index is 6.21. The average Bonchev–Trinajstić information content (AvgIpc) is 2.87. The normalized spacial score (nSPS) is 10.8. The summed E-state index contributed by atoms with van der Waals surface area (Å²) < 4.78 is 5.60. The molecule has 5 nitrogen and oxygen atoms in total. The second kappa shape index (κ2) is 6.88. The van der Waals surface area contributed by atoms with Crippen molar-refractivity contribution in [3.05, 3.63) is 23.2 Å². The largest absolute Gasteiger partial charge is 0.489 e. The Kier molecular flexibility index (Phi) is 5.17. The third-order valence-electron chi connectivity index (χ3n) is 2.39. The van der Waals surface area contributed by atoms with Gasteiger partial charge in [0.05, 0.1) is 11.1 Å². The zero-order valence-corrected chi connectivity index (χ0v) is 13.0. The number of aromatic nitrogens is 2. The molecule has 0 bridgehead atoms. The molecular formula is C13H17ClN4OS. The maximum absolute atomic E-state index is 6.21. The molecule has 0 amide bonds. The van der Waals surface area contributed by atoms with Gasteiger partial charge in [0, 0.05) is 18.7 Å². The van der Waals surface area contributed by atoms with E-state index in [9.17, 15) is 0 Å². The lowest BCUT2D eigenvalue weighted by Gasteiger charge is -2.11. The minimum absolute atomic E-state index is 0.0898. The molecule has 0 saturated heterocycles. The van der Waals surface area contributed by atoms with Gasteiger partial charge in [0.25, 0.3) is 0 Å². The van der Waals surface area contributed by atoms with Crippen molar-refractivity contribution < 1.29 is 4.74 Å². The Bertz CT molecular complexity index is 573. The van der Waals surface area contributed by atoms with Crippen LogP contribution in [0.15, 0.2) is 18.2 Å². The first-order chi connectivity index (χ1) is 9.60. The second-order valence-corrected chi connectivity index (χ2v) is 5.82. The number of rotatable bonds is 6. The van der Waals surface area contributed by atoms with Crippen molar-refractivity contribution >= 4 is 28.1 Å². The summed E-state index contributed by atoms with van der Waals surface area (Å²) in [5, 5.41) is 13.4. The summed E-state index contributed by atoms with van der Waals surface area (Å²) >= 11 is 7.68. The lowest BCUT2D eigenvalue weighted by atomic mass is 10.2. The van der Waals surface area contributed by atoms with E-state index in [0.717, 1.165) is 15.7 Å². The topological polar surface area (TPSA) is 73.1 Å². The van der Waals surface area contributed by atoms with E-state index in [4.69, 9.17) is 22.1 Å². The highest BCUT2D eigenvalue weighted by Gasteiger charge is 2.10. The van der Waals surface area contributed by atoms with Gasteiger partial charge >= 0.3 is 0 Å². The van der Waals surface area contributed by atoms with Crippen molar-refractivity contribution in [1.29, 1.82) is 0 Å². The number of hydrogen-bond donors (Lipinski definition) is 2. The average molecular weight is 313 g/mol. The molecule has 2 aromatic rings. The van der Waals surface area contributed by atoms with Crippen LogP contribution in [-0.4, -0.2) is 29.4 Å². The molecule has 0 atom stereocenters. The summed E-state index contributed by atoms with van der Waals surface area (Å²) in [7, 11) is 0. The number of benzene rings is 1. The van der Waals surface area contributed by atoms with Crippen LogP contribution in [-0.2, 0) is 0 Å². The number of anilines is 1. The van der Waals surface area contributed by atoms with Gasteiger partial charge in [0.2, 0.25) is 5.13 Å². The highest BCUT2D eigenvalue weighted by atomic mass is 35.5. The number of hydrogen-bond acceptors (Lipinski definition) is 6. The van der Waals surface area contributed by atoms with Crippen molar-refractivity contribution in [2.75, 3.05) is 18.4 Å². The van der Waals surface area contributed by atoms with Crippen LogP contribution in [0.25, 0.3) is 10.6 Å². The van der Waals surface area contributed by atoms with Crippen LogP contribution >= 0.6 is 22.9 Å². The molecule has 0 spiro atoms. The quantitative estimate of drug-likeness (QED) is 0.857. The Morgan fingerprint density at radius 3 is 2.85 bits per heavy atom. The van der Waals surface area contributed by atoms with Gasteiger partial charge in [-0.15, -0.1) is 10.2 Å². The first-order valence-electron chi connectivity index (χ1n) is 6.34. The Hall–Kier alpha value is -1.37. The minimum atomic E-state index is 0.0898. The molecule has 0 saturated carbocycles. The van der Waals surface area contributed by atoms with Gasteiger partial charge in [-0.2, -0.15) is 0 Å². The van der Waals surface area contributed by atoms with E-state index in [1.54, 1.807) is 0 Å². The van der Waals surface area contributed by atoms with Gasteiger partial charge < -0.3 is 15.8 Å². The number of halogens is 1. The van der Waals surface area contributed by atoms with Crippen LogP contribution < -0.4 is 15.8 Å². The summed E-state index contributed by atoms with van der Waals surface area (Å²) in [6.45, 7) is 5.16. The fraction of sp³-hybridized carbons (Fsp3) is 0.385. The van der Waals surface area contributed by atoms with E-state index >= 15 is 0 Å². The lowest BCUT2D eigenvalue weighted by molar-refractivity contribution is 0.242. The summed E-state index contributed by atoms with van der Waals surface area (Å²) in [6, 6.07) is 5.62. The lowest BCUT2D eigenvalue weighted by Crippen LogP contribution is -2.12. The van der Waals surface area contributed by atoms with Gasteiger partial charge in [-0.1, -0.05) is 22.9 Å². The van der Waals surface area contributed by atoms with Gasteiger partial charge in [0.1, 0.15) is 10.8 Å². The van der Waals surface area contributed by atoms with Crippen molar-refractivity contribution in [2.45, 2.75) is 20.0 Å². The summed E-state index contributed by atoms with van der Waals surface area (Å²) in [5.74, 6) is 0.677. The zero-order valence-electron chi connectivity index (χ0n) is 11.4. The molecule has 20 heavy (non-hydrogen) atoms. The molecule has 0 fully saturated rings. The number of nitrogens with two attached hydrogens (primary N) is 1. The van der Waals surface area contributed by atoms with E-state index in [1.165, 1.54) is 11.3 Å². The third kappa shape index (κ3) is 3.82. The van der Waals surface area contributed by atoms with Crippen LogP contribution in [0.2, 0.25) is 5.02 Å². The summed E-state index contributed by atoms with van der Waals surface area (Å²) in [5.41, 5.74) is 6.35. The molecule has 0 aliphatic heterocycles. The van der Waals surface area contributed by atoms with Crippen LogP contribution in [0.5, 0.6) is 5.75 Å². The van der Waals surface area contributed by atoms with Crippen LogP contribution in [0.3, 0.4) is 0 Å². The fourth-order valence-corrected chi connectivity index (χ4v) is 2.56. The zero-order chi connectivity index (χ0) is 14.5. The smallest absolute Gasteiger partial charge is 0.206 e. The summed E-state index contributed by atoms with van der Waals surface area (Å²) in [6.07, 6.45) is 0.0898. The van der Waals surface area contributed by atoms with Crippen LogP contribution in [0.1, 0.15) is 13.8 Å². The fourth-order valence-electron chi connectivity index (χ4n) is 1.57. The number of nitrogens with zero attached hydrogens (tertiary/aromatic N) is 2. The Morgan fingerprint density at radius 1 is 1.40 bits per heavy atom. The molecule has 7 heteroatoms. The predicted molar refractivity (Wildman–Crippen MR) is 83.7 cm³/mol. The van der Waals surface area contributed by atoms with Gasteiger partial charge in [-0.3, -0.25) is 0 Å². The van der Waals surface area contributed by atoms with Gasteiger partial charge in [-0.05, 0) is 32.0 Å². The molecule has 1 aromatic heterocycles. The standard InChI is InChI=1S/C13H17ClN4OS/c1-8(2)19-11-4-3-9(7-10(11)14)12-17-18-13(20-12)16-6-5-15/h3-4,7-8H,5-6,15H2,1-2H3,(H,16,18). The number of ether oxygens (including phenoxy) is 1. The maximum Gasteiger partial charge on any atom is 0.206 e. The van der Waals surface area contributed by atoms with Crippen molar-refractivity contribution in [2.24, 2.45) is 5.73 Å². The molecular weight excluding hydrogens is 296 g/mol.